The molecule has 0 spiro atoms. The van der Waals surface area contributed by atoms with Gasteiger partial charge in [-0.05, 0) is 0 Å². The zero-order valence-corrected chi connectivity index (χ0v) is 3.99. The van der Waals surface area contributed by atoms with Crippen molar-refractivity contribution in [3.63, 3.8) is 0 Å². The van der Waals surface area contributed by atoms with Crippen molar-refractivity contribution in [2.24, 2.45) is 0 Å². The van der Waals surface area contributed by atoms with Crippen molar-refractivity contribution in [1.29, 1.82) is 0 Å². The fourth-order valence-electron chi connectivity index (χ4n) is 0. The number of hydrogen-bond acceptors (Lipinski definition) is 1. The van der Waals surface area contributed by atoms with Crippen LogP contribution in [0.1, 0.15) is 0 Å². The zero-order valence-electron chi connectivity index (χ0n) is 1.99. The fourth-order valence-corrected chi connectivity index (χ4v) is 0. The maximum atomic E-state index is 8.87. The summed E-state index contributed by atoms with van der Waals surface area (Å²) >= 11 is 0. The molecule has 1 nitrogen and oxygen atoms in total. The van der Waals surface area contributed by atoms with Gasteiger partial charge < -0.3 is 0 Å². The normalized spacial score (nSPS) is 2.40. The zero-order chi connectivity index (χ0) is 2.71. The van der Waals surface area contributed by atoms with Gasteiger partial charge in [0, 0.05) is 0 Å². The average Bonchev–Trinajstić information content (AvgIpc) is 0.918. The van der Waals surface area contributed by atoms with Crippen LogP contribution in [0.15, 0.2) is 0 Å². The van der Waals surface area contributed by atoms with E-state index in [2.05, 4.69) is 0 Å². The summed E-state index contributed by atoms with van der Waals surface area (Å²) in [5.74, 6) is 0. The second-order valence-electron chi connectivity index (χ2n) is 0.236. The summed E-state index contributed by atoms with van der Waals surface area (Å²) < 4.78 is 8.87. The Labute approximate surface area is 57.8 Å². The van der Waals surface area contributed by atoms with Gasteiger partial charge in [0.05, 0.1) is 0 Å². The summed E-state index contributed by atoms with van der Waals surface area (Å²) in [5, 5.41) is 0. The van der Waals surface area contributed by atoms with Crippen molar-refractivity contribution in [2.45, 2.75) is 0 Å². The SMILES string of the molecule is O=B[SiH3].[AlH3].[LiH]. The Bertz CT molecular complexity index is 19.1. The van der Waals surface area contributed by atoms with Crippen LogP contribution in [0.3, 0.4) is 0 Å². The molecule has 0 N–H and O–H groups in total. The molecule has 0 fully saturated rings. The summed E-state index contributed by atoms with van der Waals surface area (Å²) in [6, 6.07) is 0. The molecule has 0 saturated carbocycles. The molecule has 24 valence electrons. The van der Waals surface area contributed by atoms with E-state index in [9.17, 15) is 0 Å². The Hall–Kier alpha value is 1.21. The van der Waals surface area contributed by atoms with Gasteiger partial charge in [-0.25, -0.2) is 0 Å². The van der Waals surface area contributed by atoms with Crippen molar-refractivity contribution in [2.75, 3.05) is 0 Å². The number of rotatable bonds is 0. The van der Waals surface area contributed by atoms with Gasteiger partial charge in [-0.15, -0.1) is 0 Å². The van der Waals surface area contributed by atoms with Crippen LogP contribution in [0, 0.1) is 0 Å². The van der Waals surface area contributed by atoms with E-state index >= 15 is 0 Å². The van der Waals surface area contributed by atoms with Gasteiger partial charge in [-0.1, -0.05) is 0 Å². The summed E-state index contributed by atoms with van der Waals surface area (Å²) in [5.41, 5.74) is 0. The third-order valence-corrected chi connectivity index (χ3v) is 0. The molecule has 5 heteroatoms. The van der Waals surface area contributed by atoms with Crippen molar-refractivity contribution >= 4 is 53.1 Å². The first-order chi connectivity index (χ1) is 1.41. The maximum absolute atomic E-state index is 8.87. The molecule has 0 aromatic carbocycles. The van der Waals surface area contributed by atoms with Crippen molar-refractivity contribution in [1.82, 2.24) is 0 Å². The molecule has 5 heavy (non-hydrogen) atoms. The molecule has 0 aliphatic rings. The molecular weight excluding hydrogens is 88.8 g/mol. The average molecular weight is 95.9 g/mol. The van der Waals surface area contributed by atoms with Gasteiger partial charge in [0.15, 0.2) is 17.4 Å². The van der Waals surface area contributed by atoms with E-state index in [-0.39, 0.29) is 36.2 Å². The Morgan fingerprint density at radius 1 is 1.60 bits per heavy atom. The van der Waals surface area contributed by atoms with E-state index in [4.69, 9.17) is 4.70 Å². The van der Waals surface area contributed by atoms with E-state index in [1.54, 1.807) is 0 Å². The first-order valence-corrected chi connectivity index (χ1v) is 1.97. The van der Waals surface area contributed by atoms with Crippen LogP contribution in [-0.2, 0) is 4.70 Å². The summed E-state index contributed by atoms with van der Waals surface area (Å²) in [6.45, 7) is 0.889. The van der Waals surface area contributed by atoms with Crippen molar-refractivity contribution in [3.8, 4) is 0 Å². The van der Waals surface area contributed by atoms with Crippen LogP contribution < -0.4 is 0 Å². The predicted octanol–water partition coefficient (Wildman–Crippen LogP) is -3.52. The van der Waals surface area contributed by atoms with E-state index in [0.717, 1.165) is 6.74 Å². The molecule has 0 unspecified atom stereocenters. The van der Waals surface area contributed by atoms with Crippen molar-refractivity contribution < 1.29 is 4.70 Å². The van der Waals surface area contributed by atoms with Crippen LogP contribution >= 0.6 is 0 Å². The van der Waals surface area contributed by atoms with Gasteiger partial charge >= 0.3 is 40.4 Å². The molecular formula is H7AlBLiOSi. The van der Waals surface area contributed by atoms with Crippen LogP contribution in [0.5, 0.6) is 0 Å². The van der Waals surface area contributed by atoms with Crippen molar-refractivity contribution in [3.05, 3.63) is 0 Å². The third-order valence-electron chi connectivity index (χ3n) is 0. The standard InChI is InChI=1S/Al.BH3OSi.Li.4H/c;2-1-3;;;;;/h;3H3;;;;;. The van der Waals surface area contributed by atoms with Crippen LogP contribution in [-0.4, -0.2) is 53.1 Å². The first-order valence-electron chi connectivity index (χ1n) is 0.813. The molecule has 0 bridgehead atoms. The topological polar surface area (TPSA) is 17.1 Å². The number of hydrogen-bond donors (Lipinski definition) is 0. The summed E-state index contributed by atoms with van der Waals surface area (Å²) in [6.07, 6.45) is 0. The van der Waals surface area contributed by atoms with Crippen LogP contribution in [0.25, 0.3) is 0 Å². The molecule has 0 atom stereocenters. The Kier molecular flexibility index (Phi) is 61.8. The van der Waals surface area contributed by atoms with Gasteiger partial charge in [0.2, 0.25) is 0 Å². The van der Waals surface area contributed by atoms with E-state index in [1.807, 2.05) is 0 Å². The second kappa shape index (κ2) is 18.9. The molecule has 0 rings (SSSR count). The molecule has 0 aromatic heterocycles. The van der Waals surface area contributed by atoms with Gasteiger partial charge in [-0.2, -0.15) is 0 Å². The summed E-state index contributed by atoms with van der Waals surface area (Å²) in [7, 11) is 0.688. The molecule has 0 saturated heterocycles. The Morgan fingerprint density at radius 3 is 1.60 bits per heavy atom. The fraction of sp³-hybridized carbons (Fsp3) is 0. The summed E-state index contributed by atoms with van der Waals surface area (Å²) in [4.78, 5) is 0. The van der Waals surface area contributed by atoms with Crippen LogP contribution in [0.2, 0.25) is 0 Å². The third kappa shape index (κ3) is 36.6. The molecule has 0 amide bonds. The van der Waals surface area contributed by atoms with E-state index in [1.165, 1.54) is 0 Å². The Morgan fingerprint density at radius 2 is 1.60 bits per heavy atom. The minimum absolute atomic E-state index is 0. The molecule has 0 aliphatic carbocycles. The molecule has 0 aromatic rings. The second-order valence-corrected chi connectivity index (χ2v) is 0.707. The quantitative estimate of drug-likeness (QED) is 0.286. The van der Waals surface area contributed by atoms with Crippen LogP contribution in [0.4, 0.5) is 0 Å². The van der Waals surface area contributed by atoms with E-state index in [0.29, 0.717) is 10.1 Å². The molecule has 0 heterocycles. The Balaban J connectivity index is -0.0000000200. The van der Waals surface area contributed by atoms with Gasteiger partial charge in [-0.3, -0.25) is 0 Å². The monoisotopic (exact) mass is 96.0 g/mol. The molecule has 0 aliphatic heterocycles. The van der Waals surface area contributed by atoms with E-state index < -0.39 is 0 Å². The van der Waals surface area contributed by atoms with Gasteiger partial charge in [0.1, 0.15) is 0 Å². The minimum atomic E-state index is 0. The predicted molar refractivity (Wildman–Crippen MR) is 33.5 cm³/mol. The van der Waals surface area contributed by atoms with Gasteiger partial charge in [0.25, 0.3) is 0 Å². The molecule has 0 radical (unpaired) electrons. The first kappa shape index (κ1) is 16.4.